The minimum absolute atomic E-state index is 0.0209. The molecule has 1 aliphatic heterocycles. The highest BCUT2D eigenvalue weighted by Gasteiger charge is 2.27. The van der Waals surface area contributed by atoms with Crippen molar-refractivity contribution in [2.24, 2.45) is 0 Å². The number of anilines is 1. The zero-order chi connectivity index (χ0) is 21.6. The van der Waals surface area contributed by atoms with Gasteiger partial charge in [-0.15, -0.1) is 0 Å². The van der Waals surface area contributed by atoms with E-state index in [9.17, 15) is 4.79 Å². The van der Waals surface area contributed by atoms with Crippen LogP contribution in [0, 0.1) is 0 Å². The van der Waals surface area contributed by atoms with Crippen LogP contribution in [0.1, 0.15) is 49.4 Å². The third-order valence-electron chi connectivity index (χ3n) is 5.36. The Kier molecular flexibility index (Phi) is 7.43. The van der Waals surface area contributed by atoms with E-state index in [0.29, 0.717) is 28.9 Å². The van der Waals surface area contributed by atoms with Crippen molar-refractivity contribution in [2.75, 3.05) is 24.7 Å². The quantitative estimate of drug-likeness (QED) is 0.351. The van der Waals surface area contributed by atoms with Gasteiger partial charge in [-0.05, 0) is 55.7 Å². The van der Waals surface area contributed by atoms with Gasteiger partial charge in [-0.1, -0.05) is 48.8 Å². The molecule has 3 aromatic rings. The molecular formula is C24H27ClN2O3S. The Morgan fingerprint density at radius 2 is 2.10 bits per heavy atom. The van der Waals surface area contributed by atoms with E-state index < -0.39 is 0 Å². The van der Waals surface area contributed by atoms with Gasteiger partial charge < -0.3 is 9.47 Å². The molecule has 0 aliphatic carbocycles. The van der Waals surface area contributed by atoms with Crippen molar-refractivity contribution in [2.45, 2.75) is 45.1 Å². The Bertz CT molecular complexity index is 1020. The van der Waals surface area contributed by atoms with Crippen LogP contribution in [-0.2, 0) is 4.74 Å². The normalized spacial score (nSPS) is 16.0. The van der Waals surface area contributed by atoms with Crippen LogP contribution in [0.4, 0.5) is 5.13 Å². The summed E-state index contributed by atoms with van der Waals surface area (Å²) in [5, 5.41) is 1.23. The summed E-state index contributed by atoms with van der Waals surface area (Å²) in [7, 11) is 0. The SMILES string of the molecule is CCCCCOc1ccc(C(=O)N(CC2CCCO2)c2nc3c(Cl)cccc3s2)cc1. The zero-order valence-corrected chi connectivity index (χ0v) is 19.3. The fourth-order valence-corrected chi connectivity index (χ4v) is 4.92. The highest BCUT2D eigenvalue weighted by atomic mass is 35.5. The van der Waals surface area contributed by atoms with Crippen molar-refractivity contribution in [1.29, 1.82) is 0 Å². The van der Waals surface area contributed by atoms with Gasteiger partial charge in [0.25, 0.3) is 5.91 Å². The van der Waals surface area contributed by atoms with Crippen LogP contribution in [0.25, 0.3) is 10.2 Å². The second-order valence-corrected chi connectivity index (χ2v) is 9.13. The minimum atomic E-state index is -0.0942. The Balaban J connectivity index is 1.55. The van der Waals surface area contributed by atoms with Crippen LogP contribution in [0.2, 0.25) is 5.02 Å². The van der Waals surface area contributed by atoms with Crippen LogP contribution in [0.3, 0.4) is 0 Å². The molecule has 1 fully saturated rings. The molecule has 2 aromatic carbocycles. The van der Waals surface area contributed by atoms with Gasteiger partial charge in [-0.25, -0.2) is 4.98 Å². The number of para-hydroxylation sites is 1. The molecule has 1 amide bonds. The van der Waals surface area contributed by atoms with E-state index in [2.05, 4.69) is 11.9 Å². The number of fused-ring (bicyclic) bond motifs is 1. The highest BCUT2D eigenvalue weighted by Crippen LogP contribution is 2.34. The van der Waals surface area contributed by atoms with Crippen molar-refractivity contribution in [1.82, 2.24) is 4.98 Å². The Hall–Kier alpha value is -2.15. The molecule has 0 radical (unpaired) electrons. The van der Waals surface area contributed by atoms with Crippen LogP contribution < -0.4 is 9.64 Å². The largest absolute Gasteiger partial charge is 0.494 e. The number of nitrogens with zero attached hydrogens (tertiary/aromatic N) is 2. The lowest BCUT2D eigenvalue weighted by molar-refractivity contribution is 0.0917. The number of thiazole rings is 1. The van der Waals surface area contributed by atoms with E-state index in [1.54, 1.807) is 4.90 Å². The molecule has 1 atom stereocenters. The van der Waals surface area contributed by atoms with E-state index >= 15 is 0 Å². The third-order valence-corrected chi connectivity index (χ3v) is 6.71. The van der Waals surface area contributed by atoms with Crippen LogP contribution in [-0.4, -0.2) is 36.8 Å². The summed E-state index contributed by atoms with van der Waals surface area (Å²) >= 11 is 7.80. The summed E-state index contributed by atoms with van der Waals surface area (Å²) in [6.45, 7) is 4.08. The molecular weight excluding hydrogens is 432 g/mol. The average Bonchev–Trinajstić information content (AvgIpc) is 3.45. The first kappa shape index (κ1) is 22.1. The third kappa shape index (κ3) is 5.37. The summed E-state index contributed by atoms with van der Waals surface area (Å²) < 4.78 is 12.5. The van der Waals surface area contributed by atoms with Gasteiger partial charge >= 0.3 is 0 Å². The number of hydrogen-bond donors (Lipinski definition) is 0. The number of halogens is 1. The molecule has 164 valence electrons. The lowest BCUT2D eigenvalue weighted by atomic mass is 10.1. The van der Waals surface area contributed by atoms with Crippen molar-refractivity contribution in [3.05, 3.63) is 53.1 Å². The number of carbonyl (C=O) groups is 1. The van der Waals surface area contributed by atoms with Gasteiger partial charge in [-0.3, -0.25) is 9.69 Å². The lowest BCUT2D eigenvalue weighted by Crippen LogP contribution is -2.37. The van der Waals surface area contributed by atoms with E-state index in [4.69, 9.17) is 21.1 Å². The molecule has 2 heterocycles. The summed E-state index contributed by atoms with van der Waals surface area (Å²) in [4.78, 5) is 19.9. The summed E-state index contributed by atoms with van der Waals surface area (Å²) in [6, 6.07) is 13.1. The molecule has 31 heavy (non-hydrogen) atoms. The maximum Gasteiger partial charge on any atom is 0.260 e. The molecule has 0 spiro atoms. The zero-order valence-electron chi connectivity index (χ0n) is 17.7. The van der Waals surface area contributed by atoms with Gasteiger partial charge in [0.15, 0.2) is 5.13 Å². The predicted molar refractivity (Wildman–Crippen MR) is 127 cm³/mol. The standard InChI is InChI=1S/C24H27ClN2O3S/c1-2-3-4-14-29-18-12-10-17(11-13-18)23(28)27(16-19-7-6-15-30-19)24-26-22-20(25)8-5-9-21(22)31-24/h5,8-13,19H,2-4,6-7,14-16H2,1H3. The molecule has 7 heteroatoms. The highest BCUT2D eigenvalue weighted by molar-refractivity contribution is 7.22. The number of aromatic nitrogens is 1. The first-order chi connectivity index (χ1) is 15.2. The number of benzene rings is 2. The molecule has 1 unspecified atom stereocenters. The second-order valence-electron chi connectivity index (χ2n) is 7.71. The first-order valence-corrected chi connectivity index (χ1v) is 12.1. The summed E-state index contributed by atoms with van der Waals surface area (Å²) in [5.74, 6) is 0.688. The first-order valence-electron chi connectivity index (χ1n) is 10.9. The number of rotatable bonds is 9. The molecule has 1 aromatic heterocycles. The molecule has 0 bridgehead atoms. The fourth-order valence-electron chi connectivity index (χ4n) is 3.65. The molecule has 0 saturated carbocycles. The fraction of sp³-hybridized carbons (Fsp3) is 0.417. The Labute approximate surface area is 191 Å². The number of carbonyl (C=O) groups excluding carboxylic acids is 1. The number of unbranched alkanes of at least 4 members (excludes halogenated alkanes) is 2. The molecule has 1 aliphatic rings. The second kappa shape index (κ2) is 10.4. The molecule has 1 saturated heterocycles. The number of hydrogen-bond acceptors (Lipinski definition) is 5. The Morgan fingerprint density at radius 1 is 1.26 bits per heavy atom. The molecule has 5 nitrogen and oxygen atoms in total. The van der Waals surface area contributed by atoms with Crippen LogP contribution >= 0.6 is 22.9 Å². The average molecular weight is 459 g/mol. The van der Waals surface area contributed by atoms with Gasteiger partial charge in [0.05, 0.1) is 29.0 Å². The topological polar surface area (TPSA) is 51.7 Å². The summed E-state index contributed by atoms with van der Waals surface area (Å²) in [6.07, 6.45) is 5.33. The lowest BCUT2D eigenvalue weighted by Gasteiger charge is -2.23. The van der Waals surface area contributed by atoms with Gasteiger partial charge in [0.1, 0.15) is 11.3 Å². The van der Waals surface area contributed by atoms with Crippen molar-refractivity contribution < 1.29 is 14.3 Å². The summed E-state index contributed by atoms with van der Waals surface area (Å²) in [5.41, 5.74) is 1.33. The van der Waals surface area contributed by atoms with E-state index in [-0.39, 0.29) is 12.0 Å². The van der Waals surface area contributed by atoms with Gasteiger partial charge in [0, 0.05) is 12.2 Å². The molecule has 4 rings (SSSR count). The number of ether oxygens (including phenoxy) is 2. The van der Waals surface area contributed by atoms with E-state index in [1.165, 1.54) is 11.3 Å². The van der Waals surface area contributed by atoms with Crippen LogP contribution in [0.5, 0.6) is 5.75 Å². The van der Waals surface area contributed by atoms with Crippen molar-refractivity contribution >= 4 is 44.2 Å². The predicted octanol–water partition coefficient (Wildman–Crippen LogP) is 6.34. The smallest absolute Gasteiger partial charge is 0.260 e. The van der Waals surface area contributed by atoms with Gasteiger partial charge in [-0.2, -0.15) is 0 Å². The van der Waals surface area contributed by atoms with Crippen LogP contribution in [0.15, 0.2) is 42.5 Å². The monoisotopic (exact) mass is 458 g/mol. The number of amides is 1. The van der Waals surface area contributed by atoms with E-state index in [1.807, 2.05) is 42.5 Å². The van der Waals surface area contributed by atoms with Gasteiger partial charge in [0.2, 0.25) is 0 Å². The maximum atomic E-state index is 13.5. The maximum absolute atomic E-state index is 13.5. The van der Waals surface area contributed by atoms with Crippen molar-refractivity contribution in [3.8, 4) is 5.75 Å². The van der Waals surface area contributed by atoms with Crippen molar-refractivity contribution in [3.63, 3.8) is 0 Å². The minimum Gasteiger partial charge on any atom is -0.494 e. The molecule has 0 N–H and O–H groups in total. The Morgan fingerprint density at radius 3 is 2.81 bits per heavy atom. The van der Waals surface area contributed by atoms with E-state index in [0.717, 1.165) is 54.7 Å².